The molecule has 7 heteroatoms. The molecule has 2 aromatic carbocycles. The van der Waals surface area contributed by atoms with E-state index in [2.05, 4.69) is 9.97 Å². The number of hydrogen-bond donors (Lipinski definition) is 0. The van der Waals surface area contributed by atoms with Gasteiger partial charge in [-0.05, 0) is 41.8 Å². The summed E-state index contributed by atoms with van der Waals surface area (Å²) < 4.78 is 56.4. The largest absolute Gasteiger partial charge is 0.236 e. The zero-order chi connectivity index (χ0) is 18.8. The Hall–Kier alpha value is -3.27. The van der Waals surface area contributed by atoms with Gasteiger partial charge in [-0.15, -0.1) is 0 Å². The molecule has 0 N–H and O–H groups in total. The molecule has 0 unspecified atom stereocenters. The van der Waals surface area contributed by atoms with E-state index in [0.29, 0.717) is 0 Å². The molecule has 1 aromatic heterocycles. The third-order valence-electron chi connectivity index (χ3n) is 3.86. The first-order valence-electron chi connectivity index (χ1n) is 7.64. The molecule has 1 heterocycles. The molecule has 0 aliphatic heterocycles. The molecule has 3 nitrogen and oxygen atoms in total. The van der Waals surface area contributed by atoms with Gasteiger partial charge in [0.15, 0.2) is 5.82 Å². The average molecular weight is 357 g/mol. The first-order valence-corrected chi connectivity index (χ1v) is 7.64. The fraction of sp³-hybridized carbons (Fsp3) is 0.105. The molecule has 0 radical (unpaired) electrons. The summed E-state index contributed by atoms with van der Waals surface area (Å²) in [6.07, 6.45) is 3.83. The number of benzene rings is 2. The second-order valence-electron chi connectivity index (χ2n) is 5.51. The lowest BCUT2D eigenvalue weighted by atomic mass is 10.00. The molecule has 0 atom stereocenters. The molecule has 0 saturated heterocycles. The summed E-state index contributed by atoms with van der Waals surface area (Å²) in [5.74, 6) is -4.30. The Morgan fingerprint density at radius 1 is 0.846 bits per heavy atom. The van der Waals surface area contributed by atoms with Gasteiger partial charge in [0, 0.05) is 18.0 Å². The van der Waals surface area contributed by atoms with Crippen LogP contribution < -0.4 is 0 Å². The van der Waals surface area contributed by atoms with E-state index in [9.17, 15) is 17.6 Å². The predicted molar refractivity (Wildman–Crippen MR) is 86.8 cm³/mol. The van der Waals surface area contributed by atoms with Crippen LogP contribution in [0.5, 0.6) is 0 Å². The first kappa shape index (κ1) is 17.5. The maximum atomic E-state index is 14.5. The smallest absolute Gasteiger partial charge is 0.159 e. The molecule has 0 saturated carbocycles. The molecule has 0 amide bonds. The summed E-state index contributed by atoms with van der Waals surface area (Å²) in [6.45, 7) is 1.92. The minimum absolute atomic E-state index is 0.0981. The second kappa shape index (κ2) is 6.92. The number of aromatic nitrogens is 2. The fourth-order valence-corrected chi connectivity index (χ4v) is 2.49. The number of hydrogen-bond acceptors (Lipinski definition) is 3. The monoisotopic (exact) mass is 357 g/mol. The van der Waals surface area contributed by atoms with Crippen LogP contribution in [0.2, 0.25) is 0 Å². The third-order valence-corrected chi connectivity index (χ3v) is 3.86. The molecular formula is C19H11F4N3. The first-order chi connectivity index (χ1) is 12.4. The van der Waals surface area contributed by atoms with E-state index in [0.717, 1.165) is 36.2 Å². The molecule has 0 fully saturated rings. The molecule has 0 aliphatic carbocycles. The van der Waals surface area contributed by atoms with Gasteiger partial charge >= 0.3 is 0 Å². The molecule has 0 spiro atoms. The van der Waals surface area contributed by atoms with Gasteiger partial charge in [-0.3, -0.25) is 0 Å². The Labute approximate surface area is 146 Å². The highest BCUT2D eigenvalue weighted by Crippen LogP contribution is 2.31. The van der Waals surface area contributed by atoms with Crippen LogP contribution in [-0.4, -0.2) is 9.97 Å². The van der Waals surface area contributed by atoms with E-state index in [4.69, 9.17) is 5.26 Å². The average Bonchev–Trinajstić information content (AvgIpc) is 2.61. The van der Waals surface area contributed by atoms with Crippen molar-refractivity contribution in [1.29, 1.82) is 5.26 Å². The van der Waals surface area contributed by atoms with E-state index < -0.39 is 34.4 Å². The number of nitriles is 1. The van der Waals surface area contributed by atoms with Crippen molar-refractivity contribution in [1.82, 2.24) is 9.97 Å². The van der Waals surface area contributed by atoms with Crippen molar-refractivity contribution in [2.24, 2.45) is 0 Å². The Bertz CT molecular complexity index is 978. The Morgan fingerprint density at radius 2 is 1.35 bits per heavy atom. The van der Waals surface area contributed by atoms with Crippen molar-refractivity contribution in [2.75, 3.05) is 0 Å². The van der Waals surface area contributed by atoms with Crippen LogP contribution in [0.1, 0.15) is 18.1 Å². The molecule has 26 heavy (non-hydrogen) atoms. The van der Waals surface area contributed by atoms with Crippen molar-refractivity contribution in [3.8, 4) is 28.6 Å². The third kappa shape index (κ3) is 3.14. The van der Waals surface area contributed by atoms with Crippen molar-refractivity contribution >= 4 is 0 Å². The fourth-order valence-electron chi connectivity index (χ4n) is 2.49. The van der Waals surface area contributed by atoms with Crippen LogP contribution in [0.4, 0.5) is 17.6 Å². The van der Waals surface area contributed by atoms with E-state index in [-0.39, 0.29) is 17.0 Å². The highest BCUT2D eigenvalue weighted by molar-refractivity contribution is 5.70. The Kier molecular flexibility index (Phi) is 4.67. The zero-order valence-electron chi connectivity index (χ0n) is 13.5. The number of rotatable bonds is 3. The van der Waals surface area contributed by atoms with Gasteiger partial charge in [0.05, 0.1) is 5.56 Å². The highest BCUT2D eigenvalue weighted by Gasteiger charge is 2.19. The summed E-state index contributed by atoms with van der Waals surface area (Å²) in [6, 6.07) is 4.78. The zero-order valence-corrected chi connectivity index (χ0v) is 13.5. The van der Waals surface area contributed by atoms with E-state index in [1.807, 2.05) is 6.92 Å². The molecule has 3 aromatic rings. The van der Waals surface area contributed by atoms with Crippen LogP contribution in [0.3, 0.4) is 0 Å². The van der Waals surface area contributed by atoms with Crippen LogP contribution >= 0.6 is 0 Å². The summed E-state index contributed by atoms with van der Waals surface area (Å²) in [5, 5.41) is 8.68. The highest BCUT2D eigenvalue weighted by atomic mass is 19.1. The summed E-state index contributed by atoms with van der Waals surface area (Å²) in [4.78, 5) is 8.11. The maximum absolute atomic E-state index is 14.5. The number of nitrogens with zero attached hydrogens (tertiary/aromatic N) is 3. The normalized spacial score (nSPS) is 10.6. The van der Waals surface area contributed by atoms with E-state index in [1.54, 1.807) is 12.4 Å². The van der Waals surface area contributed by atoms with E-state index >= 15 is 0 Å². The molecular weight excluding hydrogens is 346 g/mol. The van der Waals surface area contributed by atoms with Crippen LogP contribution in [0.25, 0.3) is 22.5 Å². The van der Waals surface area contributed by atoms with Gasteiger partial charge in [-0.25, -0.2) is 27.5 Å². The SMILES string of the molecule is CCc1cnc(-c2cc(F)c(-c3cc(F)c(C#N)c(F)c3)c(F)c2)nc1. The lowest BCUT2D eigenvalue weighted by molar-refractivity contribution is 0.573. The standard InChI is InChI=1S/C19H11F4N3/c1-2-10-8-25-19(26-9-10)12-5-16(22)18(17(23)6-12)11-3-14(20)13(7-24)15(21)4-11/h3-6,8-9H,2H2,1H3. The molecule has 130 valence electrons. The van der Waals surface area contributed by atoms with Crippen molar-refractivity contribution in [2.45, 2.75) is 13.3 Å². The van der Waals surface area contributed by atoms with Crippen LogP contribution in [0.15, 0.2) is 36.7 Å². The second-order valence-corrected chi connectivity index (χ2v) is 5.51. The number of halogens is 4. The van der Waals surface area contributed by atoms with Gasteiger partial charge in [0.1, 0.15) is 34.9 Å². The minimum atomic E-state index is -1.19. The van der Waals surface area contributed by atoms with Crippen LogP contribution in [-0.2, 0) is 6.42 Å². The van der Waals surface area contributed by atoms with Gasteiger partial charge < -0.3 is 0 Å². The topological polar surface area (TPSA) is 49.6 Å². The molecule has 0 aliphatic rings. The van der Waals surface area contributed by atoms with Gasteiger partial charge in [-0.2, -0.15) is 5.26 Å². The summed E-state index contributed by atoms with van der Waals surface area (Å²) >= 11 is 0. The number of aryl methyl sites for hydroxylation is 1. The lowest BCUT2D eigenvalue weighted by Gasteiger charge is -2.09. The van der Waals surface area contributed by atoms with Crippen molar-refractivity contribution < 1.29 is 17.6 Å². The van der Waals surface area contributed by atoms with Crippen LogP contribution in [0, 0.1) is 34.6 Å². The summed E-state index contributed by atoms with van der Waals surface area (Å²) in [7, 11) is 0. The van der Waals surface area contributed by atoms with Gasteiger partial charge in [-0.1, -0.05) is 6.92 Å². The summed E-state index contributed by atoms with van der Waals surface area (Å²) in [5.41, 5.74) is -0.782. The van der Waals surface area contributed by atoms with E-state index in [1.165, 1.54) is 6.07 Å². The Balaban J connectivity index is 2.09. The predicted octanol–water partition coefficient (Wildman–Crippen LogP) is 4.80. The maximum Gasteiger partial charge on any atom is 0.159 e. The van der Waals surface area contributed by atoms with Gasteiger partial charge in [0.2, 0.25) is 0 Å². The minimum Gasteiger partial charge on any atom is -0.236 e. The van der Waals surface area contributed by atoms with Crippen molar-refractivity contribution in [3.05, 3.63) is 71.1 Å². The van der Waals surface area contributed by atoms with Gasteiger partial charge in [0.25, 0.3) is 0 Å². The molecule has 3 rings (SSSR count). The Morgan fingerprint density at radius 3 is 1.81 bits per heavy atom. The lowest BCUT2D eigenvalue weighted by Crippen LogP contribution is -1.98. The van der Waals surface area contributed by atoms with Crippen molar-refractivity contribution in [3.63, 3.8) is 0 Å². The quantitative estimate of drug-likeness (QED) is 0.633. The molecule has 0 bridgehead atoms.